The molecule has 0 saturated heterocycles. The van der Waals surface area contributed by atoms with E-state index in [9.17, 15) is 13.2 Å². The van der Waals surface area contributed by atoms with Gasteiger partial charge in [-0.05, 0) is 42.7 Å². The van der Waals surface area contributed by atoms with Crippen LogP contribution in [0.5, 0.6) is 5.75 Å². The van der Waals surface area contributed by atoms with Crippen molar-refractivity contribution in [3.63, 3.8) is 0 Å². The fourth-order valence-corrected chi connectivity index (χ4v) is 2.72. The molecule has 0 N–H and O–H groups in total. The Morgan fingerprint density at radius 3 is 2.30 bits per heavy atom. The van der Waals surface area contributed by atoms with Gasteiger partial charge in [0.25, 0.3) is 0 Å². The van der Waals surface area contributed by atoms with Crippen LogP contribution >= 0.6 is 0 Å². The second-order valence-corrected chi connectivity index (χ2v) is 6.21. The van der Waals surface area contributed by atoms with E-state index in [1.165, 1.54) is 60.1 Å². The lowest BCUT2D eigenvalue weighted by molar-refractivity contribution is -0.274. The molecule has 0 bridgehead atoms. The minimum Gasteiger partial charge on any atom is -0.406 e. The molecule has 0 saturated carbocycles. The lowest BCUT2D eigenvalue weighted by Crippen LogP contribution is -2.17. The number of hydrogen-bond acceptors (Lipinski definition) is 3. The Balaban J connectivity index is 1.69. The minimum atomic E-state index is -4.70. The molecule has 1 aromatic heterocycles. The highest BCUT2D eigenvalue weighted by Crippen LogP contribution is 2.24. The van der Waals surface area contributed by atoms with Crippen LogP contribution in [0.3, 0.4) is 0 Å². The predicted molar refractivity (Wildman–Crippen MR) is 96.7 cm³/mol. The first-order valence-corrected chi connectivity index (χ1v) is 8.82. The Labute approximate surface area is 155 Å². The molecule has 0 atom stereocenters. The van der Waals surface area contributed by atoms with Crippen molar-refractivity contribution < 1.29 is 17.9 Å². The number of hydrogen-bond donors (Lipinski definition) is 0. The molecule has 0 aliphatic heterocycles. The molecular weight excluding hydrogens is 355 g/mol. The van der Waals surface area contributed by atoms with Gasteiger partial charge >= 0.3 is 6.36 Å². The van der Waals surface area contributed by atoms with Crippen LogP contribution in [-0.4, -0.2) is 21.1 Å². The third-order valence-corrected chi connectivity index (χ3v) is 4.11. The quantitative estimate of drug-likeness (QED) is 0.507. The summed E-state index contributed by atoms with van der Waals surface area (Å²) in [6.45, 7) is 2.18. The second kappa shape index (κ2) is 8.24. The van der Waals surface area contributed by atoms with E-state index < -0.39 is 6.36 Å². The zero-order valence-corrected chi connectivity index (χ0v) is 14.9. The van der Waals surface area contributed by atoms with Crippen molar-refractivity contribution in [2.45, 2.75) is 39.0 Å². The van der Waals surface area contributed by atoms with Gasteiger partial charge in [-0.1, -0.05) is 44.0 Å². The zero-order valence-electron chi connectivity index (χ0n) is 14.9. The summed E-state index contributed by atoms with van der Waals surface area (Å²) in [6, 6.07) is 13.6. The van der Waals surface area contributed by atoms with Gasteiger partial charge in [-0.2, -0.15) is 0 Å². The van der Waals surface area contributed by atoms with Crippen LogP contribution in [0, 0.1) is 0 Å². The smallest absolute Gasteiger partial charge is 0.406 e. The van der Waals surface area contributed by atoms with Crippen molar-refractivity contribution >= 4 is 0 Å². The Hall–Kier alpha value is -2.83. The minimum absolute atomic E-state index is 0.273. The van der Waals surface area contributed by atoms with Crippen LogP contribution in [0.4, 0.5) is 13.2 Å². The van der Waals surface area contributed by atoms with Crippen molar-refractivity contribution in [3.05, 3.63) is 60.4 Å². The van der Waals surface area contributed by atoms with E-state index in [4.69, 9.17) is 0 Å². The van der Waals surface area contributed by atoms with E-state index in [0.29, 0.717) is 11.5 Å². The van der Waals surface area contributed by atoms with Gasteiger partial charge in [0.1, 0.15) is 12.1 Å². The van der Waals surface area contributed by atoms with Crippen LogP contribution in [-0.2, 0) is 6.42 Å². The maximum absolute atomic E-state index is 12.2. The molecule has 0 fully saturated rings. The molecule has 0 spiro atoms. The molecule has 4 nitrogen and oxygen atoms in total. The molecule has 0 aliphatic carbocycles. The van der Waals surface area contributed by atoms with E-state index in [1.54, 1.807) is 0 Å². The maximum atomic E-state index is 12.2. The van der Waals surface area contributed by atoms with Crippen LogP contribution in [0.15, 0.2) is 54.9 Å². The van der Waals surface area contributed by atoms with E-state index >= 15 is 0 Å². The number of alkyl halides is 3. The van der Waals surface area contributed by atoms with Crippen molar-refractivity contribution in [1.29, 1.82) is 0 Å². The topological polar surface area (TPSA) is 39.9 Å². The largest absolute Gasteiger partial charge is 0.573 e. The molecule has 3 aromatic rings. The number of ether oxygens (including phenoxy) is 1. The van der Waals surface area contributed by atoms with Gasteiger partial charge in [0.2, 0.25) is 0 Å². The number of nitrogens with zero attached hydrogens (tertiary/aromatic N) is 3. The van der Waals surface area contributed by atoms with Gasteiger partial charge in [0.15, 0.2) is 5.82 Å². The Kier molecular flexibility index (Phi) is 5.78. The molecule has 0 radical (unpaired) electrons. The van der Waals surface area contributed by atoms with Gasteiger partial charge in [-0.3, -0.25) is 0 Å². The Bertz CT molecular complexity index is 855. The normalized spacial score (nSPS) is 11.6. The monoisotopic (exact) mass is 375 g/mol. The molecule has 1 heterocycles. The number of unbranched alkanes of at least 4 members (excludes halogenated alkanes) is 2. The van der Waals surface area contributed by atoms with Gasteiger partial charge in [-0.15, -0.1) is 18.3 Å². The van der Waals surface area contributed by atoms with Crippen LogP contribution in [0.2, 0.25) is 0 Å². The first-order valence-electron chi connectivity index (χ1n) is 8.82. The highest BCUT2D eigenvalue weighted by Gasteiger charge is 2.30. The Morgan fingerprint density at radius 2 is 1.67 bits per heavy atom. The summed E-state index contributed by atoms with van der Waals surface area (Å²) in [7, 11) is 0. The average molecular weight is 375 g/mol. The number of rotatable bonds is 7. The van der Waals surface area contributed by atoms with Crippen molar-refractivity contribution in [1.82, 2.24) is 14.8 Å². The summed E-state index contributed by atoms with van der Waals surface area (Å²) in [5.41, 5.74) is 2.77. The van der Waals surface area contributed by atoms with Crippen molar-refractivity contribution in [2.24, 2.45) is 0 Å². The molecule has 0 unspecified atom stereocenters. The van der Waals surface area contributed by atoms with E-state index in [0.717, 1.165) is 12.0 Å². The van der Waals surface area contributed by atoms with Gasteiger partial charge in [0, 0.05) is 5.56 Å². The summed E-state index contributed by atoms with van der Waals surface area (Å²) < 4.78 is 42.0. The number of benzene rings is 2. The second-order valence-electron chi connectivity index (χ2n) is 6.21. The summed E-state index contributed by atoms with van der Waals surface area (Å²) in [5.74, 6) is 0.288. The SMILES string of the molecule is CCCCCc1ccc(-c2ncn(-c3ccc(OC(F)(F)F)cc3)n2)cc1. The maximum Gasteiger partial charge on any atom is 0.573 e. The van der Waals surface area contributed by atoms with Crippen LogP contribution in [0.1, 0.15) is 31.7 Å². The van der Waals surface area contributed by atoms with Gasteiger partial charge < -0.3 is 4.74 Å². The highest BCUT2D eigenvalue weighted by molar-refractivity contribution is 5.55. The molecule has 27 heavy (non-hydrogen) atoms. The summed E-state index contributed by atoms with van der Waals surface area (Å²) in [5, 5.41) is 4.40. The first kappa shape index (κ1) is 18.9. The molecule has 0 aliphatic rings. The molecule has 2 aromatic carbocycles. The third-order valence-electron chi connectivity index (χ3n) is 4.11. The summed E-state index contributed by atoms with van der Waals surface area (Å²) >= 11 is 0. The van der Waals surface area contributed by atoms with E-state index in [-0.39, 0.29) is 5.75 Å². The van der Waals surface area contributed by atoms with Gasteiger partial charge in [-0.25, -0.2) is 9.67 Å². The van der Waals surface area contributed by atoms with Crippen molar-refractivity contribution in [3.8, 4) is 22.8 Å². The molecule has 3 rings (SSSR count). The van der Waals surface area contributed by atoms with Gasteiger partial charge in [0.05, 0.1) is 5.69 Å². The number of aromatic nitrogens is 3. The average Bonchev–Trinajstić information content (AvgIpc) is 3.12. The van der Waals surface area contributed by atoms with Crippen LogP contribution < -0.4 is 4.74 Å². The fourth-order valence-electron chi connectivity index (χ4n) is 2.72. The number of aryl methyl sites for hydroxylation is 1. The van der Waals surface area contributed by atoms with Crippen LogP contribution in [0.25, 0.3) is 17.1 Å². The predicted octanol–water partition coefficient (Wildman–Crippen LogP) is 5.57. The van der Waals surface area contributed by atoms with Crippen molar-refractivity contribution in [2.75, 3.05) is 0 Å². The zero-order chi connectivity index (χ0) is 19.3. The van der Waals surface area contributed by atoms with E-state index in [1.807, 2.05) is 12.1 Å². The standard InChI is InChI=1S/C20H20F3N3O/c1-2-3-4-5-15-6-8-16(9-7-15)19-24-14-26(25-19)17-10-12-18(13-11-17)27-20(21,22)23/h6-14H,2-5H2,1H3. The van der Waals surface area contributed by atoms with E-state index in [2.05, 4.69) is 33.9 Å². The fraction of sp³-hybridized carbons (Fsp3) is 0.300. The third kappa shape index (κ3) is 5.32. The first-order chi connectivity index (χ1) is 12.9. The highest BCUT2D eigenvalue weighted by atomic mass is 19.4. The Morgan fingerprint density at radius 1 is 0.963 bits per heavy atom. The molecular formula is C20H20F3N3O. The lowest BCUT2D eigenvalue weighted by atomic mass is 10.1. The molecule has 0 amide bonds. The summed E-state index contributed by atoms with van der Waals surface area (Å²) in [6.07, 6.45) is 1.48. The number of halogens is 3. The molecule has 7 heteroatoms. The summed E-state index contributed by atoms with van der Waals surface area (Å²) in [4.78, 5) is 4.29. The lowest BCUT2D eigenvalue weighted by Gasteiger charge is -2.09. The molecule has 142 valence electrons.